The SMILES string of the molecule is C=Cc1ccc([N+](=O)[O-])c(-c2ccccc2)c1N. The van der Waals surface area contributed by atoms with Crippen LogP contribution in [-0.2, 0) is 0 Å². The van der Waals surface area contributed by atoms with Gasteiger partial charge in [0.1, 0.15) is 0 Å². The molecule has 0 unspecified atom stereocenters. The first-order valence-electron chi connectivity index (χ1n) is 5.40. The van der Waals surface area contributed by atoms with Crippen LogP contribution >= 0.6 is 0 Å². The second-order valence-electron chi connectivity index (χ2n) is 3.79. The molecule has 0 heterocycles. The van der Waals surface area contributed by atoms with E-state index in [1.54, 1.807) is 24.3 Å². The minimum Gasteiger partial charge on any atom is -0.398 e. The van der Waals surface area contributed by atoms with Gasteiger partial charge in [0, 0.05) is 6.07 Å². The molecule has 0 fully saturated rings. The lowest BCUT2D eigenvalue weighted by Crippen LogP contribution is -1.99. The summed E-state index contributed by atoms with van der Waals surface area (Å²) in [7, 11) is 0. The number of nitro groups is 1. The Bertz CT molecular complexity index is 607. The van der Waals surface area contributed by atoms with Crippen molar-refractivity contribution in [3.8, 4) is 11.1 Å². The van der Waals surface area contributed by atoms with Crippen LogP contribution in [0.2, 0.25) is 0 Å². The average Bonchev–Trinajstić information content (AvgIpc) is 2.39. The minimum atomic E-state index is -0.425. The van der Waals surface area contributed by atoms with Crippen molar-refractivity contribution in [3.05, 3.63) is 64.7 Å². The van der Waals surface area contributed by atoms with Gasteiger partial charge < -0.3 is 5.73 Å². The average molecular weight is 240 g/mol. The lowest BCUT2D eigenvalue weighted by molar-refractivity contribution is -0.384. The molecule has 0 aliphatic carbocycles. The van der Waals surface area contributed by atoms with E-state index in [1.165, 1.54) is 6.07 Å². The summed E-state index contributed by atoms with van der Waals surface area (Å²) in [6, 6.07) is 12.1. The Morgan fingerprint density at radius 3 is 2.39 bits per heavy atom. The van der Waals surface area contributed by atoms with Gasteiger partial charge in [0.25, 0.3) is 5.69 Å². The van der Waals surface area contributed by atoms with Crippen LogP contribution in [0.15, 0.2) is 49.0 Å². The Balaban J connectivity index is 2.77. The van der Waals surface area contributed by atoms with Crippen LogP contribution in [-0.4, -0.2) is 4.92 Å². The molecule has 2 N–H and O–H groups in total. The van der Waals surface area contributed by atoms with Crippen molar-refractivity contribution in [2.75, 3.05) is 5.73 Å². The fraction of sp³-hybridized carbons (Fsp3) is 0. The van der Waals surface area contributed by atoms with Crippen LogP contribution in [0.5, 0.6) is 0 Å². The van der Waals surface area contributed by atoms with Gasteiger partial charge in [0.15, 0.2) is 0 Å². The Morgan fingerprint density at radius 1 is 1.17 bits per heavy atom. The molecule has 4 nitrogen and oxygen atoms in total. The number of nitro benzene ring substituents is 1. The first-order valence-corrected chi connectivity index (χ1v) is 5.40. The third kappa shape index (κ3) is 1.96. The molecule has 0 saturated heterocycles. The van der Waals surface area contributed by atoms with Crippen molar-refractivity contribution >= 4 is 17.5 Å². The van der Waals surface area contributed by atoms with E-state index in [2.05, 4.69) is 6.58 Å². The number of benzene rings is 2. The molecule has 0 amide bonds. The molecule has 2 aromatic carbocycles. The van der Waals surface area contributed by atoms with E-state index < -0.39 is 4.92 Å². The maximum absolute atomic E-state index is 11.1. The van der Waals surface area contributed by atoms with Crippen LogP contribution in [0, 0.1) is 10.1 Å². The van der Waals surface area contributed by atoms with E-state index in [9.17, 15) is 10.1 Å². The molecule has 2 rings (SSSR count). The molecule has 0 bridgehead atoms. The van der Waals surface area contributed by atoms with Crippen LogP contribution in [0.3, 0.4) is 0 Å². The van der Waals surface area contributed by atoms with Gasteiger partial charge in [-0.3, -0.25) is 10.1 Å². The summed E-state index contributed by atoms with van der Waals surface area (Å²) in [5, 5.41) is 11.1. The van der Waals surface area contributed by atoms with Gasteiger partial charge in [-0.15, -0.1) is 0 Å². The number of rotatable bonds is 3. The van der Waals surface area contributed by atoms with E-state index in [0.717, 1.165) is 5.56 Å². The summed E-state index contributed by atoms with van der Waals surface area (Å²) >= 11 is 0. The van der Waals surface area contributed by atoms with Gasteiger partial charge in [-0.25, -0.2) is 0 Å². The molecule has 0 aliphatic heterocycles. The Labute approximate surface area is 105 Å². The van der Waals surface area contributed by atoms with E-state index in [4.69, 9.17) is 5.73 Å². The first-order chi connectivity index (χ1) is 8.65. The molecular formula is C14H12N2O2. The summed E-state index contributed by atoms with van der Waals surface area (Å²) in [6.45, 7) is 3.65. The van der Waals surface area contributed by atoms with Crippen molar-refractivity contribution < 1.29 is 4.92 Å². The van der Waals surface area contributed by atoms with Gasteiger partial charge >= 0.3 is 0 Å². The van der Waals surface area contributed by atoms with Crippen molar-refractivity contribution in [2.45, 2.75) is 0 Å². The summed E-state index contributed by atoms with van der Waals surface area (Å²) in [5.41, 5.74) is 8.24. The lowest BCUT2D eigenvalue weighted by atomic mass is 9.98. The molecule has 0 saturated carbocycles. The van der Waals surface area contributed by atoms with Crippen molar-refractivity contribution in [1.82, 2.24) is 0 Å². The second-order valence-corrected chi connectivity index (χ2v) is 3.79. The number of hydrogen-bond acceptors (Lipinski definition) is 3. The summed E-state index contributed by atoms with van der Waals surface area (Å²) in [5.74, 6) is 0. The lowest BCUT2D eigenvalue weighted by Gasteiger charge is -2.09. The van der Waals surface area contributed by atoms with Gasteiger partial charge in [0.05, 0.1) is 16.2 Å². The summed E-state index contributed by atoms with van der Waals surface area (Å²) in [6.07, 6.45) is 1.59. The molecular weight excluding hydrogens is 228 g/mol. The molecule has 18 heavy (non-hydrogen) atoms. The molecule has 0 spiro atoms. The van der Waals surface area contributed by atoms with Gasteiger partial charge in [-0.1, -0.05) is 43.0 Å². The molecule has 4 heteroatoms. The standard InChI is InChI=1S/C14H12N2O2/c1-2-10-8-9-12(16(17)18)13(14(10)15)11-6-4-3-5-7-11/h2-9H,1,15H2. The van der Waals surface area contributed by atoms with Gasteiger partial charge in [-0.05, 0) is 17.2 Å². The highest BCUT2D eigenvalue weighted by Gasteiger charge is 2.19. The summed E-state index contributed by atoms with van der Waals surface area (Å²) < 4.78 is 0. The fourth-order valence-electron chi connectivity index (χ4n) is 1.86. The molecule has 0 radical (unpaired) electrons. The topological polar surface area (TPSA) is 69.2 Å². The minimum absolute atomic E-state index is 0.00398. The Morgan fingerprint density at radius 2 is 1.83 bits per heavy atom. The summed E-state index contributed by atoms with van der Waals surface area (Å²) in [4.78, 5) is 10.6. The highest BCUT2D eigenvalue weighted by Crippen LogP contribution is 2.37. The zero-order valence-electron chi connectivity index (χ0n) is 9.67. The smallest absolute Gasteiger partial charge is 0.279 e. The van der Waals surface area contributed by atoms with E-state index >= 15 is 0 Å². The zero-order valence-corrected chi connectivity index (χ0v) is 9.67. The molecule has 0 aliphatic rings. The van der Waals surface area contributed by atoms with Crippen molar-refractivity contribution in [3.63, 3.8) is 0 Å². The number of anilines is 1. The highest BCUT2D eigenvalue weighted by atomic mass is 16.6. The van der Waals surface area contributed by atoms with Crippen LogP contribution in [0.1, 0.15) is 5.56 Å². The van der Waals surface area contributed by atoms with E-state index in [-0.39, 0.29) is 5.69 Å². The zero-order chi connectivity index (χ0) is 13.1. The number of nitrogen functional groups attached to an aromatic ring is 1. The van der Waals surface area contributed by atoms with Crippen LogP contribution < -0.4 is 5.73 Å². The quantitative estimate of drug-likeness (QED) is 0.507. The molecule has 0 atom stereocenters. The highest BCUT2D eigenvalue weighted by molar-refractivity contribution is 5.89. The number of nitrogens with zero attached hydrogens (tertiary/aromatic N) is 1. The number of nitrogens with two attached hydrogens (primary N) is 1. The monoisotopic (exact) mass is 240 g/mol. The molecule has 2 aromatic rings. The fourth-order valence-corrected chi connectivity index (χ4v) is 1.86. The Kier molecular flexibility index (Phi) is 3.10. The molecule has 0 aromatic heterocycles. The van der Waals surface area contributed by atoms with Gasteiger partial charge in [0.2, 0.25) is 0 Å². The largest absolute Gasteiger partial charge is 0.398 e. The number of hydrogen-bond donors (Lipinski definition) is 1. The van der Waals surface area contributed by atoms with Crippen LogP contribution in [0.25, 0.3) is 17.2 Å². The van der Waals surface area contributed by atoms with Gasteiger partial charge in [-0.2, -0.15) is 0 Å². The normalized spacial score (nSPS) is 10.0. The maximum Gasteiger partial charge on any atom is 0.279 e. The second kappa shape index (κ2) is 4.71. The Hall–Kier alpha value is -2.62. The molecule has 90 valence electrons. The maximum atomic E-state index is 11.1. The van der Waals surface area contributed by atoms with E-state index in [0.29, 0.717) is 16.8 Å². The third-order valence-corrected chi connectivity index (χ3v) is 2.74. The predicted octanol–water partition coefficient (Wildman–Crippen LogP) is 3.49. The third-order valence-electron chi connectivity index (χ3n) is 2.74. The first kappa shape index (κ1) is 11.9. The predicted molar refractivity (Wildman–Crippen MR) is 73.0 cm³/mol. The van der Waals surface area contributed by atoms with Crippen LogP contribution in [0.4, 0.5) is 11.4 Å². The van der Waals surface area contributed by atoms with E-state index in [1.807, 2.05) is 18.2 Å². The van der Waals surface area contributed by atoms with Crippen molar-refractivity contribution in [1.29, 1.82) is 0 Å². The van der Waals surface area contributed by atoms with Crippen molar-refractivity contribution in [2.24, 2.45) is 0 Å².